The second-order valence-electron chi connectivity index (χ2n) is 1.79. The Kier molecular flexibility index (Phi) is 2.78. The van der Waals surface area contributed by atoms with Crippen LogP contribution in [0.3, 0.4) is 0 Å². The van der Waals surface area contributed by atoms with E-state index < -0.39 is 21.5 Å². The zero-order valence-corrected chi connectivity index (χ0v) is 6.60. The summed E-state index contributed by atoms with van der Waals surface area (Å²) in [6.45, 7) is 3.02. The van der Waals surface area contributed by atoms with E-state index in [4.69, 9.17) is 5.26 Å². The molecule has 0 atom stereocenters. The van der Waals surface area contributed by atoms with Crippen molar-refractivity contribution in [3.8, 4) is 6.07 Å². The highest BCUT2D eigenvalue weighted by Gasteiger charge is 2.10. The summed E-state index contributed by atoms with van der Waals surface area (Å²) in [5.41, 5.74) is -0.435. The normalized spacial score (nSPS) is 9.82. The van der Waals surface area contributed by atoms with Gasteiger partial charge in [-0.1, -0.05) is 6.58 Å². The Balaban J connectivity index is 4.37. The molecule has 0 aliphatic heterocycles. The Morgan fingerprint density at radius 1 is 1.64 bits per heavy atom. The maximum atomic E-state index is 10.6. The molecular formula is C5H6N2O3S. The van der Waals surface area contributed by atoms with Crippen LogP contribution in [0.2, 0.25) is 0 Å². The first-order valence-corrected chi connectivity index (χ1v) is 4.37. The Bertz CT molecular complexity index is 322. The standard InChI is InChI=1S/C5H6N2O3S/c1-4(3-6)5(8)7-11(2,9)10/h1H2,2H3,(H,7,8). The highest BCUT2D eigenvalue weighted by atomic mass is 32.2. The summed E-state index contributed by atoms with van der Waals surface area (Å²) in [5.74, 6) is -0.991. The topological polar surface area (TPSA) is 87.0 Å². The van der Waals surface area contributed by atoms with Gasteiger partial charge in [-0.2, -0.15) is 5.26 Å². The average Bonchev–Trinajstić information content (AvgIpc) is 1.82. The van der Waals surface area contributed by atoms with Gasteiger partial charge in [0.25, 0.3) is 5.91 Å². The molecule has 0 aromatic carbocycles. The van der Waals surface area contributed by atoms with E-state index in [1.807, 2.05) is 0 Å². The minimum atomic E-state index is -3.59. The molecule has 1 amide bonds. The van der Waals surface area contributed by atoms with Gasteiger partial charge in [0.05, 0.1) is 6.26 Å². The minimum Gasteiger partial charge on any atom is -0.267 e. The molecular weight excluding hydrogens is 168 g/mol. The Hall–Kier alpha value is -1.35. The number of hydrogen-bond acceptors (Lipinski definition) is 4. The minimum absolute atomic E-state index is 0.435. The van der Waals surface area contributed by atoms with Crippen LogP contribution in [0.1, 0.15) is 0 Å². The number of nitriles is 1. The fraction of sp³-hybridized carbons (Fsp3) is 0.200. The van der Waals surface area contributed by atoms with Gasteiger partial charge in [0.2, 0.25) is 10.0 Å². The van der Waals surface area contributed by atoms with E-state index in [0.29, 0.717) is 0 Å². The average molecular weight is 174 g/mol. The predicted octanol–water partition coefficient (Wildman–Crippen LogP) is -0.858. The van der Waals surface area contributed by atoms with Crippen LogP contribution in [0.15, 0.2) is 12.2 Å². The second-order valence-corrected chi connectivity index (χ2v) is 3.54. The van der Waals surface area contributed by atoms with Crippen LogP contribution in [-0.4, -0.2) is 20.6 Å². The molecule has 0 aromatic heterocycles. The van der Waals surface area contributed by atoms with Crippen molar-refractivity contribution in [1.29, 1.82) is 5.26 Å². The number of carbonyl (C=O) groups excluding carboxylic acids is 1. The van der Waals surface area contributed by atoms with E-state index in [1.165, 1.54) is 6.07 Å². The molecule has 0 heterocycles. The van der Waals surface area contributed by atoms with E-state index in [9.17, 15) is 13.2 Å². The van der Waals surface area contributed by atoms with Crippen LogP contribution in [-0.2, 0) is 14.8 Å². The SMILES string of the molecule is C=C(C#N)C(=O)NS(C)(=O)=O. The lowest BCUT2D eigenvalue weighted by atomic mass is 10.3. The lowest BCUT2D eigenvalue weighted by Crippen LogP contribution is -2.29. The first kappa shape index (κ1) is 9.65. The van der Waals surface area contributed by atoms with Crippen molar-refractivity contribution >= 4 is 15.9 Å². The van der Waals surface area contributed by atoms with Crippen molar-refractivity contribution in [3.63, 3.8) is 0 Å². The van der Waals surface area contributed by atoms with E-state index in [0.717, 1.165) is 6.26 Å². The Morgan fingerprint density at radius 2 is 2.09 bits per heavy atom. The first-order valence-electron chi connectivity index (χ1n) is 2.48. The molecule has 5 nitrogen and oxygen atoms in total. The quantitative estimate of drug-likeness (QED) is 0.436. The fourth-order valence-electron chi connectivity index (χ4n) is 0.281. The smallest absolute Gasteiger partial charge is 0.267 e. The monoisotopic (exact) mass is 174 g/mol. The molecule has 6 heteroatoms. The Labute approximate surface area is 64.4 Å². The molecule has 0 aliphatic rings. The third kappa shape index (κ3) is 4.11. The summed E-state index contributed by atoms with van der Waals surface area (Å²) in [6.07, 6.45) is 0.815. The molecule has 11 heavy (non-hydrogen) atoms. The zero-order chi connectivity index (χ0) is 9.07. The van der Waals surface area contributed by atoms with Crippen LogP contribution in [0.25, 0.3) is 0 Å². The van der Waals surface area contributed by atoms with Gasteiger partial charge in [-0.05, 0) is 0 Å². The van der Waals surface area contributed by atoms with Crippen LogP contribution in [0, 0.1) is 11.3 Å². The third-order valence-corrected chi connectivity index (χ3v) is 1.24. The van der Waals surface area contributed by atoms with Crippen LogP contribution in [0.5, 0.6) is 0 Å². The van der Waals surface area contributed by atoms with Gasteiger partial charge < -0.3 is 0 Å². The zero-order valence-electron chi connectivity index (χ0n) is 5.79. The van der Waals surface area contributed by atoms with Crippen molar-refractivity contribution in [2.75, 3.05) is 6.26 Å². The molecule has 0 radical (unpaired) electrons. The molecule has 0 fully saturated rings. The number of rotatable bonds is 2. The number of amides is 1. The summed E-state index contributed by atoms with van der Waals surface area (Å²) in [6, 6.07) is 1.42. The molecule has 0 aliphatic carbocycles. The number of hydrogen-bond donors (Lipinski definition) is 1. The molecule has 0 aromatic rings. The molecule has 0 bridgehead atoms. The highest BCUT2D eigenvalue weighted by molar-refractivity contribution is 7.89. The Morgan fingerprint density at radius 3 is 2.36 bits per heavy atom. The highest BCUT2D eigenvalue weighted by Crippen LogP contribution is 1.87. The number of nitrogens with zero attached hydrogens (tertiary/aromatic N) is 1. The molecule has 0 unspecified atom stereocenters. The molecule has 1 N–H and O–H groups in total. The van der Waals surface area contributed by atoms with Gasteiger partial charge in [0.1, 0.15) is 11.6 Å². The summed E-state index contributed by atoms with van der Waals surface area (Å²) in [5, 5.41) is 8.10. The molecule has 0 saturated heterocycles. The summed E-state index contributed by atoms with van der Waals surface area (Å²) >= 11 is 0. The van der Waals surface area contributed by atoms with Crippen molar-refractivity contribution in [2.24, 2.45) is 0 Å². The van der Waals surface area contributed by atoms with Crippen LogP contribution >= 0.6 is 0 Å². The lowest BCUT2D eigenvalue weighted by Gasteiger charge is -1.97. The van der Waals surface area contributed by atoms with Gasteiger partial charge in [-0.25, -0.2) is 13.1 Å². The number of carbonyl (C=O) groups is 1. The fourth-order valence-corrected chi connectivity index (χ4v) is 0.741. The maximum absolute atomic E-state index is 10.6. The van der Waals surface area contributed by atoms with Crippen molar-refractivity contribution < 1.29 is 13.2 Å². The van der Waals surface area contributed by atoms with Gasteiger partial charge in [0, 0.05) is 0 Å². The van der Waals surface area contributed by atoms with Crippen molar-refractivity contribution in [2.45, 2.75) is 0 Å². The third-order valence-electron chi connectivity index (χ3n) is 0.687. The van der Waals surface area contributed by atoms with Gasteiger partial charge in [-0.3, -0.25) is 4.79 Å². The molecule has 60 valence electrons. The molecule has 0 saturated carbocycles. The largest absolute Gasteiger partial charge is 0.274 e. The van der Waals surface area contributed by atoms with E-state index in [1.54, 1.807) is 4.72 Å². The van der Waals surface area contributed by atoms with Crippen molar-refractivity contribution in [3.05, 3.63) is 12.2 Å². The second kappa shape index (κ2) is 3.16. The predicted molar refractivity (Wildman–Crippen MR) is 37.7 cm³/mol. The van der Waals surface area contributed by atoms with Crippen LogP contribution < -0.4 is 4.72 Å². The van der Waals surface area contributed by atoms with Crippen LogP contribution in [0.4, 0.5) is 0 Å². The van der Waals surface area contributed by atoms with Crippen molar-refractivity contribution in [1.82, 2.24) is 4.72 Å². The van der Waals surface area contributed by atoms with Gasteiger partial charge >= 0.3 is 0 Å². The number of nitrogens with one attached hydrogen (secondary N) is 1. The molecule has 0 spiro atoms. The molecule has 0 rings (SSSR count). The number of sulfonamides is 1. The summed E-state index contributed by atoms with van der Waals surface area (Å²) in [4.78, 5) is 10.6. The van der Waals surface area contributed by atoms with Gasteiger partial charge in [-0.15, -0.1) is 0 Å². The summed E-state index contributed by atoms with van der Waals surface area (Å²) in [7, 11) is -3.59. The van der Waals surface area contributed by atoms with E-state index in [2.05, 4.69) is 6.58 Å². The van der Waals surface area contributed by atoms with Gasteiger partial charge in [0.15, 0.2) is 0 Å². The lowest BCUT2D eigenvalue weighted by molar-refractivity contribution is -0.115. The van der Waals surface area contributed by atoms with E-state index in [-0.39, 0.29) is 0 Å². The van der Waals surface area contributed by atoms with E-state index >= 15 is 0 Å². The first-order chi connectivity index (χ1) is 4.87. The maximum Gasteiger partial charge on any atom is 0.274 e. The summed E-state index contributed by atoms with van der Waals surface area (Å²) < 4.78 is 22.3.